The van der Waals surface area contributed by atoms with Crippen LogP contribution in [0, 0.1) is 5.92 Å². The second kappa shape index (κ2) is 8.67. The van der Waals surface area contributed by atoms with Crippen molar-refractivity contribution in [3.05, 3.63) is 35.4 Å². The van der Waals surface area contributed by atoms with Crippen LogP contribution in [0.15, 0.2) is 24.3 Å². The molecule has 1 aromatic rings. The molecule has 1 saturated heterocycles. The van der Waals surface area contributed by atoms with Crippen molar-refractivity contribution in [2.75, 3.05) is 19.7 Å². The highest BCUT2D eigenvalue weighted by atomic mass is 16.5. The van der Waals surface area contributed by atoms with Crippen molar-refractivity contribution in [1.82, 2.24) is 10.6 Å². The van der Waals surface area contributed by atoms with E-state index in [4.69, 9.17) is 4.74 Å². The molecule has 0 aromatic heterocycles. The summed E-state index contributed by atoms with van der Waals surface area (Å²) in [4.78, 5) is 24.0. The molecule has 1 heterocycles. The van der Waals surface area contributed by atoms with Crippen molar-refractivity contribution in [2.45, 2.75) is 39.2 Å². The van der Waals surface area contributed by atoms with Gasteiger partial charge < -0.3 is 15.4 Å². The summed E-state index contributed by atoms with van der Waals surface area (Å²) in [6.07, 6.45) is 3.14. The van der Waals surface area contributed by atoms with Gasteiger partial charge in [0, 0.05) is 30.8 Å². The van der Waals surface area contributed by atoms with Gasteiger partial charge in [0.15, 0.2) is 0 Å². The Morgan fingerprint density at radius 2 is 1.74 bits per heavy atom. The quantitative estimate of drug-likeness (QED) is 0.811. The first kappa shape index (κ1) is 17.5. The van der Waals surface area contributed by atoms with E-state index in [9.17, 15) is 9.59 Å². The van der Waals surface area contributed by atoms with Crippen LogP contribution >= 0.6 is 0 Å². The van der Waals surface area contributed by atoms with Crippen LogP contribution in [0.5, 0.6) is 0 Å². The number of carbonyl (C=O) groups excluding carboxylic acids is 2. The summed E-state index contributed by atoms with van der Waals surface area (Å²) in [5, 5.41) is 5.76. The number of rotatable bonds is 7. The molecule has 5 nitrogen and oxygen atoms in total. The molecule has 1 atom stereocenters. The van der Waals surface area contributed by atoms with Crippen molar-refractivity contribution >= 4 is 11.8 Å². The van der Waals surface area contributed by atoms with Crippen LogP contribution < -0.4 is 10.6 Å². The van der Waals surface area contributed by atoms with Crippen LogP contribution in [0.4, 0.5) is 0 Å². The molecule has 2 N–H and O–H groups in total. The number of nitrogens with one attached hydrogen (secondary N) is 2. The SMILES string of the molecule is CC(C)CCNC(=O)c1ccc(C(=O)NCC2CCCO2)cc1. The summed E-state index contributed by atoms with van der Waals surface area (Å²) >= 11 is 0. The number of benzene rings is 1. The topological polar surface area (TPSA) is 67.4 Å². The number of carbonyl (C=O) groups is 2. The van der Waals surface area contributed by atoms with E-state index >= 15 is 0 Å². The predicted octanol–water partition coefficient (Wildman–Crippen LogP) is 2.37. The fourth-order valence-electron chi connectivity index (χ4n) is 2.46. The highest BCUT2D eigenvalue weighted by Crippen LogP contribution is 2.11. The second-order valence-corrected chi connectivity index (χ2v) is 6.36. The first-order chi connectivity index (χ1) is 11.1. The third-order valence-corrected chi connectivity index (χ3v) is 3.93. The first-order valence-electron chi connectivity index (χ1n) is 8.34. The summed E-state index contributed by atoms with van der Waals surface area (Å²) in [7, 11) is 0. The molecule has 0 saturated carbocycles. The van der Waals surface area contributed by atoms with E-state index in [1.54, 1.807) is 24.3 Å². The summed E-state index contributed by atoms with van der Waals surface area (Å²) in [6.45, 7) is 6.23. The molecule has 0 radical (unpaired) electrons. The lowest BCUT2D eigenvalue weighted by Gasteiger charge is -2.11. The lowest BCUT2D eigenvalue weighted by Crippen LogP contribution is -2.31. The predicted molar refractivity (Wildman–Crippen MR) is 89.5 cm³/mol. The average molecular weight is 318 g/mol. The fraction of sp³-hybridized carbons (Fsp3) is 0.556. The molecule has 23 heavy (non-hydrogen) atoms. The van der Waals surface area contributed by atoms with Gasteiger partial charge in [-0.25, -0.2) is 0 Å². The van der Waals surface area contributed by atoms with Gasteiger partial charge in [0.25, 0.3) is 11.8 Å². The number of hydrogen-bond donors (Lipinski definition) is 2. The van der Waals surface area contributed by atoms with E-state index in [1.165, 1.54) is 0 Å². The fourth-order valence-corrected chi connectivity index (χ4v) is 2.46. The van der Waals surface area contributed by atoms with Crippen molar-refractivity contribution in [3.8, 4) is 0 Å². The molecule has 0 spiro atoms. The Morgan fingerprint density at radius 3 is 2.26 bits per heavy atom. The molecule has 1 aromatic carbocycles. The zero-order valence-corrected chi connectivity index (χ0v) is 13.9. The van der Waals surface area contributed by atoms with Crippen LogP contribution in [-0.4, -0.2) is 37.6 Å². The lowest BCUT2D eigenvalue weighted by atomic mass is 10.1. The minimum Gasteiger partial charge on any atom is -0.376 e. The largest absolute Gasteiger partial charge is 0.376 e. The standard InChI is InChI=1S/C18H26N2O3/c1-13(2)9-10-19-17(21)14-5-7-15(8-6-14)18(22)20-12-16-4-3-11-23-16/h5-8,13,16H,3-4,9-12H2,1-2H3,(H,19,21)(H,20,22). The van der Waals surface area contributed by atoms with E-state index in [0.717, 1.165) is 25.9 Å². The molecule has 1 aliphatic rings. The molecule has 0 bridgehead atoms. The molecule has 1 aliphatic heterocycles. The molecule has 126 valence electrons. The highest BCUT2D eigenvalue weighted by molar-refractivity contribution is 5.97. The third kappa shape index (κ3) is 5.67. The Kier molecular flexibility index (Phi) is 6.59. The van der Waals surface area contributed by atoms with E-state index < -0.39 is 0 Å². The van der Waals surface area contributed by atoms with Gasteiger partial charge in [-0.3, -0.25) is 9.59 Å². The van der Waals surface area contributed by atoms with E-state index in [2.05, 4.69) is 24.5 Å². The minimum absolute atomic E-state index is 0.100. The summed E-state index contributed by atoms with van der Waals surface area (Å²) in [6, 6.07) is 6.74. The zero-order chi connectivity index (χ0) is 16.7. The van der Waals surface area contributed by atoms with Crippen LogP contribution in [0.2, 0.25) is 0 Å². The maximum Gasteiger partial charge on any atom is 0.251 e. The maximum atomic E-state index is 12.1. The zero-order valence-electron chi connectivity index (χ0n) is 13.9. The number of hydrogen-bond acceptors (Lipinski definition) is 3. The molecular formula is C18H26N2O3. The summed E-state index contributed by atoms with van der Waals surface area (Å²) < 4.78 is 5.48. The molecule has 0 aliphatic carbocycles. The average Bonchev–Trinajstić information content (AvgIpc) is 3.05. The van der Waals surface area contributed by atoms with E-state index in [-0.39, 0.29) is 17.9 Å². The summed E-state index contributed by atoms with van der Waals surface area (Å²) in [5.74, 6) is 0.328. The Bertz CT molecular complexity index is 520. The molecule has 5 heteroatoms. The van der Waals surface area contributed by atoms with Crippen LogP contribution in [0.25, 0.3) is 0 Å². The van der Waals surface area contributed by atoms with Gasteiger partial charge in [0.2, 0.25) is 0 Å². The van der Waals surface area contributed by atoms with Crippen LogP contribution in [-0.2, 0) is 4.74 Å². The van der Waals surface area contributed by atoms with Gasteiger partial charge >= 0.3 is 0 Å². The van der Waals surface area contributed by atoms with Gasteiger partial charge in [-0.1, -0.05) is 13.8 Å². The molecule has 2 amide bonds. The van der Waals surface area contributed by atoms with Crippen molar-refractivity contribution in [1.29, 1.82) is 0 Å². The summed E-state index contributed by atoms with van der Waals surface area (Å²) in [5.41, 5.74) is 1.13. The third-order valence-electron chi connectivity index (χ3n) is 3.93. The molecule has 1 unspecified atom stereocenters. The molecular weight excluding hydrogens is 292 g/mol. The van der Waals surface area contributed by atoms with Gasteiger partial charge in [-0.05, 0) is 49.4 Å². The van der Waals surface area contributed by atoms with E-state index in [0.29, 0.717) is 30.1 Å². The van der Waals surface area contributed by atoms with Gasteiger partial charge in [0.1, 0.15) is 0 Å². The van der Waals surface area contributed by atoms with Crippen molar-refractivity contribution in [3.63, 3.8) is 0 Å². The number of amides is 2. The maximum absolute atomic E-state index is 12.1. The molecule has 1 fully saturated rings. The van der Waals surface area contributed by atoms with Gasteiger partial charge in [-0.2, -0.15) is 0 Å². The van der Waals surface area contributed by atoms with Crippen LogP contribution in [0.1, 0.15) is 53.8 Å². The Balaban J connectivity index is 1.80. The Hall–Kier alpha value is -1.88. The van der Waals surface area contributed by atoms with E-state index in [1.807, 2.05) is 0 Å². The monoisotopic (exact) mass is 318 g/mol. The molecule has 2 rings (SSSR count). The van der Waals surface area contributed by atoms with Gasteiger partial charge in [-0.15, -0.1) is 0 Å². The normalized spacial score (nSPS) is 17.3. The number of ether oxygens (including phenoxy) is 1. The smallest absolute Gasteiger partial charge is 0.251 e. The lowest BCUT2D eigenvalue weighted by molar-refractivity contribution is 0.0857. The van der Waals surface area contributed by atoms with Crippen LogP contribution in [0.3, 0.4) is 0 Å². The van der Waals surface area contributed by atoms with Crippen molar-refractivity contribution in [2.24, 2.45) is 5.92 Å². The highest BCUT2D eigenvalue weighted by Gasteiger charge is 2.16. The Labute approximate surface area is 137 Å². The van der Waals surface area contributed by atoms with Crippen molar-refractivity contribution < 1.29 is 14.3 Å². The first-order valence-corrected chi connectivity index (χ1v) is 8.34. The minimum atomic E-state index is -0.132. The second-order valence-electron chi connectivity index (χ2n) is 6.36. The van der Waals surface area contributed by atoms with Gasteiger partial charge in [0.05, 0.1) is 6.10 Å². The Morgan fingerprint density at radius 1 is 1.13 bits per heavy atom.